The van der Waals surface area contributed by atoms with Crippen molar-refractivity contribution in [2.45, 2.75) is 31.8 Å². The van der Waals surface area contributed by atoms with Crippen molar-refractivity contribution in [2.24, 2.45) is 5.92 Å². The summed E-state index contributed by atoms with van der Waals surface area (Å²) in [6.07, 6.45) is 6.15. The lowest BCUT2D eigenvalue weighted by molar-refractivity contribution is 0.0840. The zero-order chi connectivity index (χ0) is 13.0. The third-order valence-corrected chi connectivity index (χ3v) is 3.38. The van der Waals surface area contributed by atoms with Gasteiger partial charge in [0.2, 0.25) is 0 Å². The molecule has 0 aromatic carbocycles. The molecule has 2 N–H and O–H groups in total. The van der Waals surface area contributed by atoms with Crippen LogP contribution in [0.3, 0.4) is 0 Å². The van der Waals surface area contributed by atoms with Crippen molar-refractivity contribution >= 4 is 5.91 Å². The van der Waals surface area contributed by atoms with Gasteiger partial charge in [-0.25, -0.2) is 4.39 Å². The number of carbonyl (C=O) groups is 1. The maximum absolute atomic E-state index is 12.9. The standard InChI is InChI=1S/C13H17FN2O2/c14-11-5-10(6-15-7-11)13(18)16-8-12(17)9-3-1-2-4-9/h5-7,9,12,17H,1-4,8H2,(H,16,18). The van der Waals surface area contributed by atoms with Crippen LogP contribution in [0.25, 0.3) is 0 Å². The molecule has 98 valence electrons. The summed E-state index contributed by atoms with van der Waals surface area (Å²) in [6, 6.07) is 1.13. The third-order valence-electron chi connectivity index (χ3n) is 3.38. The molecule has 2 rings (SSSR count). The summed E-state index contributed by atoms with van der Waals surface area (Å²) in [6.45, 7) is 0.208. The zero-order valence-electron chi connectivity index (χ0n) is 10.1. The molecular weight excluding hydrogens is 235 g/mol. The highest BCUT2D eigenvalue weighted by molar-refractivity contribution is 5.93. The Kier molecular flexibility index (Phi) is 4.25. The maximum atomic E-state index is 12.9. The highest BCUT2D eigenvalue weighted by Crippen LogP contribution is 2.27. The number of nitrogens with one attached hydrogen (secondary N) is 1. The first-order chi connectivity index (χ1) is 8.66. The number of aliphatic hydroxyl groups excluding tert-OH is 1. The van der Waals surface area contributed by atoms with E-state index in [2.05, 4.69) is 10.3 Å². The quantitative estimate of drug-likeness (QED) is 0.853. The number of amides is 1. The first-order valence-corrected chi connectivity index (χ1v) is 6.23. The van der Waals surface area contributed by atoms with Gasteiger partial charge < -0.3 is 10.4 Å². The highest BCUT2D eigenvalue weighted by atomic mass is 19.1. The van der Waals surface area contributed by atoms with Gasteiger partial charge in [0.1, 0.15) is 5.82 Å². The van der Waals surface area contributed by atoms with Gasteiger partial charge in [0.25, 0.3) is 5.91 Å². The predicted octanol–water partition coefficient (Wildman–Crippen LogP) is 1.50. The molecule has 4 nitrogen and oxygen atoms in total. The molecule has 1 aliphatic rings. The molecule has 1 saturated carbocycles. The molecule has 0 radical (unpaired) electrons. The molecule has 0 bridgehead atoms. The van der Waals surface area contributed by atoms with Crippen LogP contribution in [-0.4, -0.2) is 28.6 Å². The van der Waals surface area contributed by atoms with E-state index in [1.165, 1.54) is 6.20 Å². The van der Waals surface area contributed by atoms with E-state index >= 15 is 0 Å². The molecule has 0 saturated heterocycles. The second kappa shape index (κ2) is 5.91. The number of rotatable bonds is 4. The Morgan fingerprint density at radius 1 is 1.50 bits per heavy atom. The number of pyridine rings is 1. The fourth-order valence-corrected chi connectivity index (χ4v) is 2.34. The molecule has 1 aromatic heterocycles. The molecule has 0 aliphatic heterocycles. The topological polar surface area (TPSA) is 62.2 Å². The Morgan fingerprint density at radius 3 is 2.89 bits per heavy atom. The summed E-state index contributed by atoms with van der Waals surface area (Å²) in [5.74, 6) is -0.672. The van der Waals surface area contributed by atoms with E-state index in [0.717, 1.165) is 37.9 Å². The molecule has 0 spiro atoms. The van der Waals surface area contributed by atoms with Gasteiger partial charge in [-0.05, 0) is 24.8 Å². The predicted molar refractivity (Wildman–Crippen MR) is 64.5 cm³/mol. The summed E-state index contributed by atoms with van der Waals surface area (Å²) >= 11 is 0. The summed E-state index contributed by atoms with van der Waals surface area (Å²) in [5, 5.41) is 12.5. The lowest BCUT2D eigenvalue weighted by Gasteiger charge is -2.17. The van der Waals surface area contributed by atoms with Crippen molar-refractivity contribution < 1.29 is 14.3 Å². The van der Waals surface area contributed by atoms with Crippen LogP contribution in [0.5, 0.6) is 0 Å². The van der Waals surface area contributed by atoms with E-state index in [0.29, 0.717) is 0 Å². The molecular formula is C13H17FN2O2. The van der Waals surface area contributed by atoms with Gasteiger partial charge in [-0.3, -0.25) is 9.78 Å². The van der Waals surface area contributed by atoms with Gasteiger partial charge in [0, 0.05) is 12.7 Å². The molecule has 1 unspecified atom stereocenters. The first-order valence-electron chi connectivity index (χ1n) is 6.23. The molecule has 1 heterocycles. The minimum absolute atomic E-state index is 0.175. The van der Waals surface area contributed by atoms with Crippen molar-refractivity contribution in [2.75, 3.05) is 6.54 Å². The lowest BCUT2D eigenvalue weighted by atomic mass is 10.0. The molecule has 18 heavy (non-hydrogen) atoms. The van der Waals surface area contributed by atoms with Crippen molar-refractivity contribution in [3.05, 3.63) is 29.8 Å². The Hall–Kier alpha value is -1.49. The van der Waals surface area contributed by atoms with E-state index in [4.69, 9.17) is 0 Å². The van der Waals surface area contributed by atoms with Gasteiger partial charge in [-0.15, -0.1) is 0 Å². The van der Waals surface area contributed by atoms with E-state index in [1.807, 2.05) is 0 Å². The summed E-state index contributed by atoms with van der Waals surface area (Å²) in [5.41, 5.74) is 0.175. The zero-order valence-corrected chi connectivity index (χ0v) is 10.1. The van der Waals surface area contributed by atoms with Crippen LogP contribution in [0.4, 0.5) is 4.39 Å². The average molecular weight is 252 g/mol. The number of hydrogen-bond donors (Lipinski definition) is 2. The van der Waals surface area contributed by atoms with Crippen molar-refractivity contribution in [3.63, 3.8) is 0 Å². The van der Waals surface area contributed by atoms with Crippen LogP contribution in [0.1, 0.15) is 36.0 Å². The normalized spacial score (nSPS) is 17.7. The monoisotopic (exact) mass is 252 g/mol. The van der Waals surface area contributed by atoms with Crippen molar-refractivity contribution in [3.8, 4) is 0 Å². The highest BCUT2D eigenvalue weighted by Gasteiger charge is 2.23. The number of hydrogen-bond acceptors (Lipinski definition) is 3. The van der Waals surface area contributed by atoms with Gasteiger partial charge in [-0.2, -0.15) is 0 Å². The Balaban J connectivity index is 1.84. The third kappa shape index (κ3) is 3.26. The fourth-order valence-electron chi connectivity index (χ4n) is 2.34. The minimum Gasteiger partial charge on any atom is -0.391 e. The summed E-state index contributed by atoms with van der Waals surface area (Å²) in [4.78, 5) is 15.3. The number of halogens is 1. The number of carbonyl (C=O) groups excluding carboxylic acids is 1. The molecule has 5 heteroatoms. The maximum Gasteiger partial charge on any atom is 0.253 e. The van der Waals surface area contributed by atoms with Gasteiger partial charge in [0.15, 0.2) is 0 Å². The smallest absolute Gasteiger partial charge is 0.253 e. The number of aliphatic hydroxyl groups is 1. The van der Waals surface area contributed by atoms with Crippen molar-refractivity contribution in [1.82, 2.24) is 10.3 Å². The molecule has 1 amide bonds. The van der Waals surface area contributed by atoms with Crippen LogP contribution in [-0.2, 0) is 0 Å². The molecule has 1 aliphatic carbocycles. The van der Waals surface area contributed by atoms with Crippen molar-refractivity contribution in [1.29, 1.82) is 0 Å². The van der Waals surface area contributed by atoms with E-state index in [1.54, 1.807) is 0 Å². The van der Waals surface area contributed by atoms with E-state index in [9.17, 15) is 14.3 Å². The molecule has 1 atom stereocenters. The number of aromatic nitrogens is 1. The Bertz CT molecular complexity index is 419. The summed E-state index contributed by atoms with van der Waals surface area (Å²) in [7, 11) is 0. The average Bonchev–Trinajstić information content (AvgIpc) is 2.89. The Morgan fingerprint density at radius 2 is 2.22 bits per heavy atom. The van der Waals surface area contributed by atoms with Crippen LogP contribution in [0.15, 0.2) is 18.5 Å². The van der Waals surface area contributed by atoms with Gasteiger partial charge in [-0.1, -0.05) is 12.8 Å². The molecule has 1 aromatic rings. The number of nitrogens with zero attached hydrogens (tertiary/aromatic N) is 1. The SMILES string of the molecule is O=C(NCC(O)C1CCCC1)c1cncc(F)c1. The lowest BCUT2D eigenvalue weighted by Crippen LogP contribution is -2.35. The van der Waals surface area contributed by atoms with Crippen LogP contribution in [0, 0.1) is 11.7 Å². The second-order valence-corrected chi connectivity index (χ2v) is 4.71. The Labute approximate surface area is 105 Å². The van der Waals surface area contributed by atoms with Gasteiger partial charge in [0.05, 0.1) is 17.9 Å². The van der Waals surface area contributed by atoms with E-state index in [-0.39, 0.29) is 18.0 Å². The van der Waals surface area contributed by atoms with Crippen LogP contribution >= 0.6 is 0 Å². The largest absolute Gasteiger partial charge is 0.391 e. The molecule has 1 fully saturated rings. The fraction of sp³-hybridized carbons (Fsp3) is 0.538. The van der Waals surface area contributed by atoms with Crippen LogP contribution < -0.4 is 5.32 Å². The second-order valence-electron chi connectivity index (χ2n) is 4.71. The van der Waals surface area contributed by atoms with E-state index < -0.39 is 17.8 Å². The van der Waals surface area contributed by atoms with Gasteiger partial charge >= 0.3 is 0 Å². The summed E-state index contributed by atoms with van der Waals surface area (Å²) < 4.78 is 12.9. The van der Waals surface area contributed by atoms with Crippen LogP contribution in [0.2, 0.25) is 0 Å². The minimum atomic E-state index is -0.543. The first kappa shape index (κ1) is 13.0.